The van der Waals surface area contributed by atoms with E-state index in [0.29, 0.717) is 48.2 Å². The lowest BCUT2D eigenvalue weighted by molar-refractivity contribution is -0.132. The Morgan fingerprint density at radius 1 is 1.07 bits per heavy atom. The molecule has 0 atom stereocenters. The Hall–Kier alpha value is -2.41. The smallest absolute Gasteiger partial charge is 0.288 e. The number of nitrogens with one attached hydrogen (secondary N) is 1. The quantitative estimate of drug-likeness (QED) is 0.558. The Morgan fingerprint density at radius 2 is 1.79 bits per heavy atom. The number of hydrogen-bond acceptors (Lipinski definition) is 3. The molecule has 1 aliphatic heterocycles. The SMILES string of the molecule is O=C(NCCCC(=O)N1CCc2ccccc2C1)c1ccc(SC(F)F)cc1. The van der Waals surface area contributed by atoms with Crippen molar-refractivity contribution in [3.63, 3.8) is 0 Å². The number of alkyl halides is 2. The van der Waals surface area contributed by atoms with E-state index < -0.39 is 5.76 Å². The van der Waals surface area contributed by atoms with E-state index in [1.165, 1.54) is 35.4 Å². The molecule has 2 aromatic rings. The van der Waals surface area contributed by atoms with Crippen LogP contribution in [-0.4, -0.2) is 35.6 Å². The Balaban J connectivity index is 1.39. The van der Waals surface area contributed by atoms with Crippen molar-refractivity contribution < 1.29 is 18.4 Å². The minimum Gasteiger partial charge on any atom is -0.352 e. The minimum atomic E-state index is -2.48. The first kappa shape index (κ1) is 20.3. The van der Waals surface area contributed by atoms with Crippen LogP contribution in [0.2, 0.25) is 0 Å². The minimum absolute atomic E-state index is 0.0946. The molecule has 28 heavy (non-hydrogen) atoms. The highest BCUT2D eigenvalue weighted by Crippen LogP contribution is 2.25. The molecule has 1 heterocycles. The molecule has 0 saturated carbocycles. The third-order valence-electron chi connectivity index (χ3n) is 4.68. The molecule has 0 radical (unpaired) electrons. The topological polar surface area (TPSA) is 49.4 Å². The molecular weight excluding hydrogens is 382 g/mol. The average Bonchev–Trinajstić information content (AvgIpc) is 2.70. The third-order valence-corrected chi connectivity index (χ3v) is 5.40. The zero-order chi connectivity index (χ0) is 19.9. The molecule has 4 nitrogen and oxygen atoms in total. The maximum absolute atomic E-state index is 12.4. The van der Waals surface area contributed by atoms with E-state index in [0.717, 1.165) is 13.0 Å². The summed E-state index contributed by atoms with van der Waals surface area (Å²) >= 11 is 0.446. The van der Waals surface area contributed by atoms with Gasteiger partial charge in [0, 0.05) is 36.5 Å². The Morgan fingerprint density at radius 3 is 2.50 bits per heavy atom. The van der Waals surface area contributed by atoms with Crippen LogP contribution < -0.4 is 5.32 Å². The molecule has 0 spiro atoms. The van der Waals surface area contributed by atoms with Crippen molar-refractivity contribution in [2.45, 2.75) is 36.5 Å². The van der Waals surface area contributed by atoms with Crippen LogP contribution in [0, 0.1) is 0 Å². The number of amides is 2. The van der Waals surface area contributed by atoms with Crippen LogP contribution in [0.3, 0.4) is 0 Å². The number of benzene rings is 2. The van der Waals surface area contributed by atoms with Crippen molar-refractivity contribution in [2.75, 3.05) is 13.1 Å². The standard InChI is InChI=1S/C21H22F2N2O2S/c22-21(23)28-18-9-7-16(8-10-18)20(27)24-12-3-6-19(26)25-13-11-15-4-1-2-5-17(15)14-25/h1-2,4-5,7-10,21H,3,6,11-14H2,(H,24,27). The average molecular weight is 404 g/mol. The highest BCUT2D eigenvalue weighted by molar-refractivity contribution is 7.99. The summed E-state index contributed by atoms with van der Waals surface area (Å²) in [5, 5.41) is 2.77. The molecule has 0 aromatic heterocycles. The van der Waals surface area contributed by atoms with Crippen molar-refractivity contribution in [1.82, 2.24) is 10.2 Å². The molecule has 148 valence electrons. The summed E-state index contributed by atoms with van der Waals surface area (Å²) in [7, 11) is 0. The number of carbonyl (C=O) groups excluding carboxylic acids is 2. The van der Waals surface area contributed by atoms with E-state index >= 15 is 0 Å². The van der Waals surface area contributed by atoms with Gasteiger partial charge in [-0.3, -0.25) is 9.59 Å². The molecule has 0 saturated heterocycles. The first-order chi connectivity index (χ1) is 13.5. The molecule has 0 aliphatic carbocycles. The number of thioether (sulfide) groups is 1. The van der Waals surface area contributed by atoms with Crippen LogP contribution in [0.1, 0.15) is 34.3 Å². The van der Waals surface area contributed by atoms with Gasteiger partial charge < -0.3 is 10.2 Å². The Bertz CT molecular complexity index is 827. The molecule has 0 fully saturated rings. The van der Waals surface area contributed by atoms with Gasteiger partial charge in [-0.25, -0.2) is 0 Å². The number of nitrogens with zero attached hydrogens (tertiary/aromatic N) is 1. The second-order valence-corrected chi connectivity index (χ2v) is 7.66. The summed E-state index contributed by atoms with van der Waals surface area (Å²) in [5.41, 5.74) is 2.92. The van der Waals surface area contributed by atoms with Crippen LogP contribution in [0.4, 0.5) is 8.78 Å². The molecule has 0 bridgehead atoms. The van der Waals surface area contributed by atoms with Crippen molar-refractivity contribution in [2.24, 2.45) is 0 Å². The molecule has 2 amide bonds. The maximum Gasteiger partial charge on any atom is 0.288 e. The van der Waals surface area contributed by atoms with Gasteiger partial charge >= 0.3 is 0 Å². The molecule has 0 unspecified atom stereocenters. The predicted molar refractivity (Wildman–Crippen MR) is 105 cm³/mol. The van der Waals surface area contributed by atoms with Crippen molar-refractivity contribution in [3.8, 4) is 0 Å². The van der Waals surface area contributed by atoms with Gasteiger partial charge in [0.05, 0.1) is 0 Å². The molecule has 3 rings (SSSR count). The monoisotopic (exact) mass is 404 g/mol. The van der Waals surface area contributed by atoms with Crippen molar-refractivity contribution in [3.05, 3.63) is 65.2 Å². The van der Waals surface area contributed by atoms with Gasteiger partial charge in [-0.1, -0.05) is 36.0 Å². The van der Waals surface area contributed by atoms with Crippen LogP contribution >= 0.6 is 11.8 Å². The number of carbonyl (C=O) groups is 2. The zero-order valence-electron chi connectivity index (χ0n) is 15.4. The van der Waals surface area contributed by atoms with Crippen LogP contribution in [0.15, 0.2) is 53.4 Å². The summed E-state index contributed by atoms with van der Waals surface area (Å²) in [4.78, 5) is 26.8. The zero-order valence-corrected chi connectivity index (χ0v) is 16.2. The van der Waals surface area contributed by atoms with Gasteiger partial charge in [-0.05, 0) is 48.2 Å². The third kappa shape index (κ3) is 5.55. The van der Waals surface area contributed by atoms with Gasteiger partial charge in [0.25, 0.3) is 11.7 Å². The molecule has 7 heteroatoms. The fraction of sp³-hybridized carbons (Fsp3) is 0.333. The highest BCUT2D eigenvalue weighted by Gasteiger charge is 2.19. The fourth-order valence-corrected chi connectivity index (χ4v) is 3.70. The van der Waals surface area contributed by atoms with E-state index in [-0.39, 0.29) is 11.8 Å². The maximum atomic E-state index is 12.4. The van der Waals surface area contributed by atoms with Crippen LogP contribution in [0.5, 0.6) is 0 Å². The van der Waals surface area contributed by atoms with Gasteiger partial charge in [-0.15, -0.1) is 0 Å². The second kappa shape index (κ2) is 9.68. The van der Waals surface area contributed by atoms with E-state index in [1.807, 2.05) is 17.0 Å². The van der Waals surface area contributed by atoms with Gasteiger partial charge in [-0.2, -0.15) is 8.78 Å². The van der Waals surface area contributed by atoms with Crippen molar-refractivity contribution >= 4 is 23.6 Å². The summed E-state index contributed by atoms with van der Waals surface area (Å²) in [6, 6.07) is 14.2. The number of hydrogen-bond donors (Lipinski definition) is 1. The van der Waals surface area contributed by atoms with Gasteiger partial charge in [0.2, 0.25) is 5.91 Å². The Labute approximate surface area is 167 Å². The highest BCUT2D eigenvalue weighted by atomic mass is 32.2. The first-order valence-electron chi connectivity index (χ1n) is 9.20. The van der Waals surface area contributed by atoms with Crippen LogP contribution in [0.25, 0.3) is 0 Å². The van der Waals surface area contributed by atoms with E-state index in [9.17, 15) is 18.4 Å². The summed E-state index contributed by atoms with van der Waals surface area (Å²) in [5.74, 6) is -2.66. The number of halogens is 2. The molecular formula is C21H22F2N2O2S. The van der Waals surface area contributed by atoms with Crippen molar-refractivity contribution in [1.29, 1.82) is 0 Å². The molecule has 1 aliphatic rings. The Kier molecular flexibility index (Phi) is 7.03. The number of rotatable bonds is 7. The molecule has 1 N–H and O–H groups in total. The lowest BCUT2D eigenvalue weighted by Crippen LogP contribution is -2.36. The molecule has 2 aromatic carbocycles. The lowest BCUT2D eigenvalue weighted by Gasteiger charge is -2.29. The van der Waals surface area contributed by atoms with E-state index in [1.54, 1.807) is 0 Å². The van der Waals surface area contributed by atoms with Gasteiger partial charge in [0.1, 0.15) is 0 Å². The first-order valence-corrected chi connectivity index (χ1v) is 10.1. The fourth-order valence-electron chi connectivity index (χ4n) is 3.20. The summed E-state index contributed by atoms with van der Waals surface area (Å²) in [6.45, 7) is 1.76. The lowest BCUT2D eigenvalue weighted by atomic mass is 9.99. The summed E-state index contributed by atoms with van der Waals surface area (Å²) < 4.78 is 24.6. The van der Waals surface area contributed by atoms with Gasteiger partial charge in [0.15, 0.2) is 0 Å². The normalized spacial score (nSPS) is 13.3. The van der Waals surface area contributed by atoms with Crippen LogP contribution in [-0.2, 0) is 17.8 Å². The second-order valence-electron chi connectivity index (χ2n) is 6.60. The largest absolute Gasteiger partial charge is 0.352 e. The predicted octanol–water partition coefficient (Wildman–Crippen LogP) is 4.10. The van der Waals surface area contributed by atoms with E-state index in [4.69, 9.17) is 0 Å². The summed E-state index contributed by atoms with van der Waals surface area (Å²) in [6.07, 6.45) is 1.81. The van der Waals surface area contributed by atoms with E-state index in [2.05, 4.69) is 17.4 Å². The number of fused-ring (bicyclic) bond motifs is 1.